The van der Waals surface area contributed by atoms with Gasteiger partial charge in [0, 0.05) is 30.8 Å². The molecule has 0 aliphatic carbocycles. The highest BCUT2D eigenvalue weighted by Gasteiger charge is 2.21. The van der Waals surface area contributed by atoms with Gasteiger partial charge in [0.05, 0.1) is 6.61 Å². The van der Waals surface area contributed by atoms with E-state index in [1.165, 1.54) is 5.56 Å². The van der Waals surface area contributed by atoms with Gasteiger partial charge in [-0.05, 0) is 18.1 Å². The average Bonchev–Trinajstić information content (AvgIpc) is 2.51. The lowest BCUT2D eigenvalue weighted by Crippen LogP contribution is -2.39. The van der Waals surface area contributed by atoms with Gasteiger partial charge in [-0.15, -0.1) is 0 Å². The number of hydrogen-bond donors (Lipinski definition) is 2. The average molecular weight is 318 g/mol. The molecule has 0 saturated heterocycles. The van der Waals surface area contributed by atoms with Crippen LogP contribution in [0.4, 0.5) is 0 Å². The van der Waals surface area contributed by atoms with E-state index >= 15 is 0 Å². The molecule has 1 atom stereocenters. The van der Waals surface area contributed by atoms with Crippen molar-refractivity contribution in [2.24, 2.45) is 11.3 Å². The Morgan fingerprint density at radius 2 is 1.96 bits per heavy atom. The van der Waals surface area contributed by atoms with E-state index in [1.807, 2.05) is 39.0 Å². The van der Waals surface area contributed by atoms with E-state index in [0.717, 1.165) is 12.2 Å². The van der Waals surface area contributed by atoms with Gasteiger partial charge in [-0.3, -0.25) is 9.59 Å². The summed E-state index contributed by atoms with van der Waals surface area (Å²) in [6, 6.07) is 8.00. The summed E-state index contributed by atoms with van der Waals surface area (Å²) in [5.74, 6) is 1.15. The number of para-hydroxylation sites is 1. The predicted molar refractivity (Wildman–Crippen MR) is 89.2 cm³/mol. The molecule has 0 aromatic heterocycles. The van der Waals surface area contributed by atoms with Crippen LogP contribution in [0, 0.1) is 11.3 Å². The van der Waals surface area contributed by atoms with Gasteiger partial charge in [0.1, 0.15) is 5.75 Å². The van der Waals surface area contributed by atoms with E-state index in [0.29, 0.717) is 26.1 Å². The first-order valence-electron chi connectivity index (χ1n) is 8.12. The largest absolute Gasteiger partial charge is 0.493 e. The summed E-state index contributed by atoms with van der Waals surface area (Å²) in [4.78, 5) is 23.6. The molecule has 0 radical (unpaired) electrons. The van der Waals surface area contributed by atoms with Crippen LogP contribution in [0.15, 0.2) is 24.3 Å². The number of amides is 2. The number of carbonyl (C=O) groups excluding carboxylic acids is 2. The topological polar surface area (TPSA) is 67.4 Å². The van der Waals surface area contributed by atoms with Crippen molar-refractivity contribution in [3.8, 4) is 5.75 Å². The SMILES string of the molecule is CC(C)(C)C(=O)NCCC(=O)NCC1COc2ccccc2C1. The highest BCUT2D eigenvalue weighted by molar-refractivity contribution is 5.82. The number of fused-ring (bicyclic) bond motifs is 1. The molecular weight excluding hydrogens is 292 g/mol. The molecule has 5 nitrogen and oxygen atoms in total. The molecular formula is C18H26N2O3. The van der Waals surface area contributed by atoms with E-state index in [4.69, 9.17) is 4.74 Å². The molecule has 0 spiro atoms. The van der Waals surface area contributed by atoms with Gasteiger partial charge in [0.2, 0.25) is 11.8 Å². The van der Waals surface area contributed by atoms with E-state index in [1.54, 1.807) is 0 Å². The molecule has 1 aliphatic rings. The molecule has 2 amide bonds. The highest BCUT2D eigenvalue weighted by atomic mass is 16.5. The number of ether oxygens (including phenoxy) is 1. The second-order valence-corrected chi connectivity index (χ2v) is 7.05. The molecule has 1 heterocycles. The lowest BCUT2D eigenvalue weighted by Gasteiger charge is -2.25. The van der Waals surface area contributed by atoms with Crippen molar-refractivity contribution in [2.75, 3.05) is 19.7 Å². The standard InChI is InChI=1S/C18H26N2O3/c1-18(2,3)17(22)19-9-8-16(21)20-11-13-10-14-6-4-5-7-15(14)23-12-13/h4-7,13H,8-12H2,1-3H3,(H,19,22)(H,20,21). The molecule has 0 fully saturated rings. The molecule has 5 heteroatoms. The fourth-order valence-electron chi connectivity index (χ4n) is 2.42. The summed E-state index contributed by atoms with van der Waals surface area (Å²) in [5.41, 5.74) is 0.763. The summed E-state index contributed by atoms with van der Waals surface area (Å²) in [7, 11) is 0. The summed E-state index contributed by atoms with van der Waals surface area (Å²) in [6.07, 6.45) is 1.21. The minimum Gasteiger partial charge on any atom is -0.493 e. The number of nitrogens with one attached hydrogen (secondary N) is 2. The van der Waals surface area contributed by atoms with Crippen molar-refractivity contribution >= 4 is 11.8 Å². The van der Waals surface area contributed by atoms with Crippen LogP contribution in [0.1, 0.15) is 32.8 Å². The molecule has 2 rings (SSSR count). The van der Waals surface area contributed by atoms with Gasteiger partial charge in [-0.25, -0.2) is 0 Å². The minimum atomic E-state index is -0.427. The van der Waals surface area contributed by atoms with Crippen LogP contribution in [0.3, 0.4) is 0 Å². The Bertz CT molecular complexity index is 564. The van der Waals surface area contributed by atoms with Crippen LogP contribution < -0.4 is 15.4 Å². The Balaban J connectivity index is 1.67. The number of carbonyl (C=O) groups is 2. The molecule has 2 N–H and O–H groups in total. The van der Waals surface area contributed by atoms with Gasteiger partial charge in [0.25, 0.3) is 0 Å². The first-order chi connectivity index (χ1) is 10.9. The Kier molecular flexibility index (Phi) is 5.64. The van der Waals surface area contributed by atoms with Gasteiger partial charge >= 0.3 is 0 Å². The quantitative estimate of drug-likeness (QED) is 0.871. The molecule has 126 valence electrons. The summed E-state index contributed by atoms with van der Waals surface area (Å²) >= 11 is 0. The third-order valence-corrected chi connectivity index (χ3v) is 3.86. The third kappa shape index (κ3) is 5.27. The second-order valence-electron chi connectivity index (χ2n) is 7.05. The molecule has 0 saturated carbocycles. The molecule has 1 aromatic carbocycles. The van der Waals surface area contributed by atoms with E-state index in [9.17, 15) is 9.59 Å². The van der Waals surface area contributed by atoms with E-state index in [-0.39, 0.29) is 17.7 Å². The zero-order chi connectivity index (χ0) is 16.9. The first kappa shape index (κ1) is 17.3. The van der Waals surface area contributed by atoms with Gasteiger partial charge < -0.3 is 15.4 Å². The zero-order valence-corrected chi connectivity index (χ0v) is 14.1. The van der Waals surface area contributed by atoms with Gasteiger partial charge in [-0.1, -0.05) is 39.0 Å². The highest BCUT2D eigenvalue weighted by Crippen LogP contribution is 2.26. The monoisotopic (exact) mass is 318 g/mol. The van der Waals surface area contributed by atoms with Crippen LogP contribution in [-0.4, -0.2) is 31.5 Å². The van der Waals surface area contributed by atoms with Crippen molar-refractivity contribution in [1.82, 2.24) is 10.6 Å². The molecule has 1 unspecified atom stereocenters. The van der Waals surface area contributed by atoms with E-state index in [2.05, 4.69) is 16.7 Å². The Labute approximate surface area is 137 Å². The van der Waals surface area contributed by atoms with Gasteiger partial charge in [0.15, 0.2) is 0 Å². The maximum Gasteiger partial charge on any atom is 0.225 e. The number of rotatable bonds is 5. The van der Waals surface area contributed by atoms with Crippen molar-refractivity contribution in [1.29, 1.82) is 0 Å². The Hall–Kier alpha value is -2.04. The lowest BCUT2D eigenvalue weighted by atomic mass is 9.96. The first-order valence-corrected chi connectivity index (χ1v) is 8.12. The molecule has 1 aromatic rings. The summed E-state index contributed by atoms with van der Waals surface area (Å²) in [6.45, 7) is 7.14. The Morgan fingerprint density at radius 3 is 2.70 bits per heavy atom. The fourth-order valence-corrected chi connectivity index (χ4v) is 2.42. The van der Waals surface area contributed by atoms with Crippen LogP contribution >= 0.6 is 0 Å². The third-order valence-electron chi connectivity index (χ3n) is 3.86. The normalized spacial score (nSPS) is 16.9. The van der Waals surface area contributed by atoms with Crippen molar-refractivity contribution in [2.45, 2.75) is 33.6 Å². The molecule has 23 heavy (non-hydrogen) atoms. The summed E-state index contributed by atoms with van der Waals surface area (Å²) in [5, 5.41) is 5.71. The van der Waals surface area contributed by atoms with Crippen molar-refractivity contribution in [3.63, 3.8) is 0 Å². The Morgan fingerprint density at radius 1 is 1.22 bits per heavy atom. The van der Waals surface area contributed by atoms with Crippen molar-refractivity contribution in [3.05, 3.63) is 29.8 Å². The van der Waals surface area contributed by atoms with Crippen LogP contribution in [-0.2, 0) is 16.0 Å². The zero-order valence-electron chi connectivity index (χ0n) is 14.1. The van der Waals surface area contributed by atoms with Crippen LogP contribution in [0.2, 0.25) is 0 Å². The van der Waals surface area contributed by atoms with Gasteiger partial charge in [-0.2, -0.15) is 0 Å². The number of hydrogen-bond acceptors (Lipinski definition) is 3. The summed E-state index contributed by atoms with van der Waals surface area (Å²) < 4.78 is 5.71. The van der Waals surface area contributed by atoms with E-state index < -0.39 is 5.41 Å². The predicted octanol–water partition coefficient (Wildman–Crippen LogP) is 1.91. The lowest BCUT2D eigenvalue weighted by molar-refractivity contribution is -0.128. The molecule has 1 aliphatic heterocycles. The minimum absolute atomic E-state index is 0.0393. The smallest absolute Gasteiger partial charge is 0.225 e. The maximum absolute atomic E-state index is 11.9. The fraction of sp³-hybridized carbons (Fsp3) is 0.556. The van der Waals surface area contributed by atoms with Crippen LogP contribution in [0.25, 0.3) is 0 Å². The number of benzene rings is 1. The maximum atomic E-state index is 11.9. The second kappa shape index (κ2) is 7.49. The van der Waals surface area contributed by atoms with Crippen molar-refractivity contribution < 1.29 is 14.3 Å². The molecule has 0 bridgehead atoms. The van der Waals surface area contributed by atoms with Crippen LogP contribution in [0.5, 0.6) is 5.75 Å².